The first-order valence-corrected chi connectivity index (χ1v) is 6.46. The first-order valence-electron chi connectivity index (χ1n) is 5.65. The van der Waals surface area contributed by atoms with Crippen LogP contribution in [0.4, 0.5) is 0 Å². The minimum atomic E-state index is -0.577. The zero-order valence-corrected chi connectivity index (χ0v) is 10.9. The van der Waals surface area contributed by atoms with Crippen molar-refractivity contribution in [2.75, 3.05) is 6.54 Å². The third-order valence-corrected chi connectivity index (χ3v) is 3.88. The fourth-order valence-corrected chi connectivity index (χ4v) is 2.67. The van der Waals surface area contributed by atoms with Crippen LogP contribution < -0.4 is 5.32 Å². The van der Waals surface area contributed by atoms with Crippen LogP contribution in [0.5, 0.6) is 0 Å². The van der Waals surface area contributed by atoms with Gasteiger partial charge in [-0.25, -0.2) is 0 Å². The van der Waals surface area contributed by atoms with Crippen LogP contribution in [-0.4, -0.2) is 11.7 Å². The monoisotopic (exact) mass is 251 g/mol. The fourth-order valence-electron chi connectivity index (χ4n) is 1.65. The number of nitrogens with one attached hydrogen (secondary N) is 1. The molecule has 2 rings (SSSR count). The number of aliphatic hydroxyl groups excluding tert-OH is 1. The zero-order chi connectivity index (χ0) is 12.3. The summed E-state index contributed by atoms with van der Waals surface area (Å²) in [4.78, 5) is 2.65. The van der Waals surface area contributed by atoms with E-state index in [0.29, 0.717) is 12.3 Å². The van der Waals surface area contributed by atoms with Crippen molar-refractivity contribution >= 4 is 11.3 Å². The molecule has 2 heterocycles. The van der Waals surface area contributed by atoms with Crippen LogP contribution in [0.2, 0.25) is 0 Å². The highest BCUT2D eigenvalue weighted by Gasteiger charge is 2.09. The topological polar surface area (TPSA) is 45.4 Å². The average molecular weight is 251 g/mol. The molecular formula is C13H17NO2S. The molecule has 0 aromatic carbocycles. The summed E-state index contributed by atoms with van der Waals surface area (Å²) in [6.45, 7) is 5.54. The van der Waals surface area contributed by atoms with Crippen molar-refractivity contribution in [2.24, 2.45) is 0 Å². The number of rotatable bonds is 5. The Balaban J connectivity index is 1.80. The van der Waals surface area contributed by atoms with Crippen LogP contribution in [0, 0.1) is 13.8 Å². The smallest absolute Gasteiger partial charge is 0.133 e. The van der Waals surface area contributed by atoms with Gasteiger partial charge in [-0.05, 0) is 37.6 Å². The molecule has 3 nitrogen and oxygen atoms in total. The minimum Gasteiger partial charge on any atom is -0.467 e. The van der Waals surface area contributed by atoms with E-state index in [9.17, 15) is 5.11 Å². The number of furan rings is 1. The Bertz CT molecular complexity index is 442. The molecule has 2 N–H and O–H groups in total. The van der Waals surface area contributed by atoms with Crippen molar-refractivity contribution in [1.82, 2.24) is 5.32 Å². The minimum absolute atomic E-state index is 0.503. The Morgan fingerprint density at radius 2 is 2.29 bits per heavy atom. The second-order valence-electron chi connectivity index (χ2n) is 4.11. The van der Waals surface area contributed by atoms with E-state index in [4.69, 9.17) is 4.42 Å². The lowest BCUT2D eigenvalue weighted by Gasteiger charge is -2.08. The second-order valence-corrected chi connectivity index (χ2v) is 5.45. The van der Waals surface area contributed by atoms with Gasteiger partial charge in [-0.3, -0.25) is 0 Å². The molecular weight excluding hydrogens is 234 g/mol. The molecule has 0 spiro atoms. The number of hydrogen-bond acceptors (Lipinski definition) is 4. The maximum absolute atomic E-state index is 9.79. The van der Waals surface area contributed by atoms with Crippen LogP contribution in [0.3, 0.4) is 0 Å². The first kappa shape index (κ1) is 12.4. The summed E-state index contributed by atoms with van der Waals surface area (Å²) in [7, 11) is 0. The van der Waals surface area contributed by atoms with Crippen LogP contribution in [0.25, 0.3) is 0 Å². The van der Waals surface area contributed by atoms with E-state index < -0.39 is 6.10 Å². The van der Waals surface area contributed by atoms with Gasteiger partial charge in [0.15, 0.2) is 0 Å². The number of hydrogen-bond donors (Lipinski definition) is 2. The molecule has 0 aliphatic heterocycles. The van der Waals surface area contributed by atoms with E-state index in [1.807, 2.05) is 0 Å². The maximum atomic E-state index is 9.79. The SMILES string of the molecule is Cc1cc(CNCC(O)c2ccco2)sc1C. The lowest BCUT2D eigenvalue weighted by atomic mass is 10.2. The number of aliphatic hydroxyl groups is 1. The normalized spacial score (nSPS) is 12.9. The van der Waals surface area contributed by atoms with Crippen molar-refractivity contribution in [1.29, 1.82) is 0 Å². The van der Waals surface area contributed by atoms with Crippen LogP contribution in [0.15, 0.2) is 28.9 Å². The van der Waals surface area contributed by atoms with Crippen molar-refractivity contribution in [2.45, 2.75) is 26.5 Å². The molecule has 0 amide bonds. The molecule has 17 heavy (non-hydrogen) atoms. The van der Waals surface area contributed by atoms with E-state index in [1.54, 1.807) is 29.7 Å². The molecule has 0 radical (unpaired) electrons. The van der Waals surface area contributed by atoms with Gasteiger partial charge < -0.3 is 14.8 Å². The average Bonchev–Trinajstić information content (AvgIpc) is 2.90. The molecule has 0 aliphatic carbocycles. The predicted molar refractivity (Wildman–Crippen MR) is 69.2 cm³/mol. The molecule has 0 aliphatic rings. The van der Waals surface area contributed by atoms with Crippen LogP contribution in [-0.2, 0) is 6.54 Å². The Morgan fingerprint density at radius 1 is 1.47 bits per heavy atom. The molecule has 2 aromatic heterocycles. The van der Waals surface area contributed by atoms with E-state index in [-0.39, 0.29) is 0 Å². The molecule has 4 heteroatoms. The zero-order valence-electron chi connectivity index (χ0n) is 10.1. The van der Waals surface area contributed by atoms with Gasteiger partial charge in [0.2, 0.25) is 0 Å². The highest BCUT2D eigenvalue weighted by atomic mass is 32.1. The molecule has 0 saturated heterocycles. The quantitative estimate of drug-likeness (QED) is 0.859. The first-order chi connectivity index (χ1) is 8.16. The van der Waals surface area contributed by atoms with E-state index >= 15 is 0 Å². The fraction of sp³-hybridized carbons (Fsp3) is 0.385. The van der Waals surface area contributed by atoms with Crippen molar-refractivity contribution < 1.29 is 9.52 Å². The summed E-state index contributed by atoms with van der Waals surface area (Å²) in [6.07, 6.45) is 0.997. The maximum Gasteiger partial charge on any atom is 0.133 e. The molecule has 0 bridgehead atoms. The Morgan fingerprint density at radius 3 is 2.88 bits per heavy atom. The summed E-state index contributed by atoms with van der Waals surface area (Å²) in [5.41, 5.74) is 1.33. The molecule has 92 valence electrons. The van der Waals surface area contributed by atoms with Gasteiger partial charge in [-0.1, -0.05) is 0 Å². The van der Waals surface area contributed by atoms with Gasteiger partial charge in [-0.2, -0.15) is 0 Å². The summed E-state index contributed by atoms with van der Waals surface area (Å²) in [5.74, 6) is 0.607. The van der Waals surface area contributed by atoms with Gasteiger partial charge in [0, 0.05) is 22.8 Å². The van der Waals surface area contributed by atoms with Crippen molar-refractivity contribution in [3.8, 4) is 0 Å². The Labute approximate surface area is 105 Å². The van der Waals surface area contributed by atoms with E-state index in [0.717, 1.165) is 6.54 Å². The lowest BCUT2D eigenvalue weighted by Crippen LogP contribution is -2.20. The number of aryl methyl sites for hydroxylation is 2. The summed E-state index contributed by atoms with van der Waals surface area (Å²) in [5, 5.41) is 13.0. The molecule has 1 unspecified atom stereocenters. The van der Waals surface area contributed by atoms with Gasteiger partial charge in [-0.15, -0.1) is 11.3 Å². The lowest BCUT2D eigenvalue weighted by molar-refractivity contribution is 0.147. The summed E-state index contributed by atoms with van der Waals surface area (Å²) < 4.78 is 5.13. The third-order valence-electron chi connectivity index (χ3n) is 2.73. The Hall–Kier alpha value is -1.10. The van der Waals surface area contributed by atoms with Gasteiger partial charge >= 0.3 is 0 Å². The highest BCUT2D eigenvalue weighted by Crippen LogP contribution is 2.20. The number of thiophene rings is 1. The standard InChI is InChI=1S/C13H17NO2S/c1-9-6-11(17-10(9)2)7-14-8-12(15)13-4-3-5-16-13/h3-6,12,14-15H,7-8H2,1-2H3. The van der Waals surface area contributed by atoms with Crippen molar-refractivity contribution in [3.63, 3.8) is 0 Å². The third kappa shape index (κ3) is 3.19. The largest absolute Gasteiger partial charge is 0.467 e. The second kappa shape index (κ2) is 5.49. The van der Waals surface area contributed by atoms with Gasteiger partial charge in [0.1, 0.15) is 11.9 Å². The summed E-state index contributed by atoms with van der Waals surface area (Å²) >= 11 is 1.80. The molecule has 2 aromatic rings. The highest BCUT2D eigenvalue weighted by molar-refractivity contribution is 7.12. The van der Waals surface area contributed by atoms with Crippen LogP contribution >= 0.6 is 11.3 Å². The molecule has 1 atom stereocenters. The van der Waals surface area contributed by atoms with Crippen molar-refractivity contribution in [3.05, 3.63) is 45.5 Å². The van der Waals surface area contributed by atoms with Gasteiger partial charge in [0.05, 0.1) is 6.26 Å². The Kier molecular flexibility index (Phi) is 3.99. The van der Waals surface area contributed by atoms with Gasteiger partial charge in [0.25, 0.3) is 0 Å². The summed E-state index contributed by atoms with van der Waals surface area (Å²) in [6, 6.07) is 5.75. The van der Waals surface area contributed by atoms with E-state index in [2.05, 4.69) is 25.2 Å². The van der Waals surface area contributed by atoms with Crippen LogP contribution in [0.1, 0.15) is 27.2 Å². The predicted octanol–water partition coefficient (Wildman–Crippen LogP) is 2.78. The van der Waals surface area contributed by atoms with E-state index in [1.165, 1.54) is 15.3 Å². The molecule has 0 fully saturated rings. The molecule has 0 saturated carbocycles.